The molecule has 7 heteroatoms. The maximum absolute atomic E-state index is 5.47. The Bertz CT molecular complexity index is 1070. The van der Waals surface area contributed by atoms with Crippen molar-refractivity contribution in [3.05, 3.63) is 66.0 Å². The van der Waals surface area contributed by atoms with E-state index in [2.05, 4.69) is 57.4 Å². The molecular weight excluding hydrogens is 426 g/mol. The van der Waals surface area contributed by atoms with Crippen LogP contribution in [0.2, 0.25) is 0 Å². The van der Waals surface area contributed by atoms with E-state index < -0.39 is 0 Å². The summed E-state index contributed by atoms with van der Waals surface area (Å²) in [6, 6.07) is 16.8. The highest BCUT2D eigenvalue weighted by atomic mass is 35.5. The number of nitrogens with zero attached hydrogens (tertiary/aromatic N) is 2. The number of halogens is 1. The van der Waals surface area contributed by atoms with Gasteiger partial charge in [0.1, 0.15) is 17.2 Å². The molecule has 0 bridgehead atoms. The van der Waals surface area contributed by atoms with E-state index in [1.807, 2.05) is 12.1 Å². The minimum Gasteiger partial charge on any atom is -0.497 e. The Morgan fingerprint density at radius 2 is 1.56 bits per heavy atom. The summed E-state index contributed by atoms with van der Waals surface area (Å²) in [6.07, 6.45) is 4.24. The topological polar surface area (TPSA) is 47.9 Å². The molecule has 32 heavy (non-hydrogen) atoms. The highest BCUT2D eigenvalue weighted by Gasteiger charge is 2.41. The second-order valence-electron chi connectivity index (χ2n) is 8.35. The molecule has 1 aromatic heterocycles. The predicted octanol–water partition coefficient (Wildman–Crippen LogP) is 4.84. The maximum atomic E-state index is 5.47. The van der Waals surface area contributed by atoms with E-state index in [9.17, 15) is 0 Å². The van der Waals surface area contributed by atoms with Crippen molar-refractivity contribution >= 4 is 18.1 Å². The molecule has 0 saturated carbocycles. The average molecular weight is 456 g/mol. The SMILES string of the molecule is COc1cc(CN2CCC3(CC2)Nc2cc(OC)ccc2-n2cccc23)cc(OC)c1.Cl. The molecule has 1 saturated heterocycles. The third kappa shape index (κ3) is 3.89. The summed E-state index contributed by atoms with van der Waals surface area (Å²) in [5.74, 6) is 2.54. The minimum absolute atomic E-state index is 0. The van der Waals surface area contributed by atoms with Crippen LogP contribution in [0.15, 0.2) is 54.7 Å². The van der Waals surface area contributed by atoms with Crippen molar-refractivity contribution in [1.29, 1.82) is 0 Å². The number of likely N-dealkylation sites (tertiary alicyclic amines) is 1. The normalized spacial score (nSPS) is 16.3. The highest BCUT2D eigenvalue weighted by Crippen LogP contribution is 2.44. The highest BCUT2D eigenvalue weighted by molar-refractivity contribution is 5.85. The van der Waals surface area contributed by atoms with Gasteiger partial charge < -0.3 is 24.1 Å². The Balaban J connectivity index is 0.00000245. The lowest BCUT2D eigenvalue weighted by Gasteiger charge is -2.46. The minimum atomic E-state index is -0.0641. The van der Waals surface area contributed by atoms with Crippen molar-refractivity contribution in [3.8, 4) is 22.9 Å². The van der Waals surface area contributed by atoms with E-state index in [-0.39, 0.29) is 17.9 Å². The Labute approximate surface area is 195 Å². The van der Waals surface area contributed by atoms with Crippen LogP contribution in [0, 0.1) is 0 Å². The largest absolute Gasteiger partial charge is 0.497 e. The Kier molecular flexibility index (Phi) is 6.26. The number of methoxy groups -OCH3 is 3. The molecule has 1 fully saturated rings. The van der Waals surface area contributed by atoms with Gasteiger partial charge in [-0.2, -0.15) is 0 Å². The first kappa shape index (κ1) is 22.4. The number of nitrogens with one attached hydrogen (secondary N) is 1. The molecule has 1 N–H and O–H groups in total. The van der Waals surface area contributed by atoms with Crippen LogP contribution >= 0.6 is 12.4 Å². The zero-order chi connectivity index (χ0) is 21.4. The zero-order valence-electron chi connectivity index (χ0n) is 18.8. The van der Waals surface area contributed by atoms with E-state index in [0.29, 0.717) is 0 Å². The zero-order valence-corrected chi connectivity index (χ0v) is 19.6. The molecule has 2 aliphatic rings. The van der Waals surface area contributed by atoms with Gasteiger partial charge in [0.25, 0.3) is 0 Å². The average Bonchev–Trinajstić information content (AvgIpc) is 3.31. The van der Waals surface area contributed by atoms with Crippen LogP contribution in [0.3, 0.4) is 0 Å². The molecule has 0 aliphatic carbocycles. The van der Waals surface area contributed by atoms with E-state index in [1.165, 1.54) is 16.9 Å². The Morgan fingerprint density at radius 3 is 2.22 bits per heavy atom. The standard InChI is InChI=1S/C25H29N3O3.ClH/c1-29-19-6-7-23-22(16-19)26-25(24-5-4-10-28(23)24)8-11-27(12-9-25)17-18-13-20(30-2)15-21(14-18)31-3;/h4-7,10,13-16,26H,8-9,11-12,17H2,1-3H3;1H. The van der Waals surface area contributed by atoms with Crippen LogP contribution < -0.4 is 19.5 Å². The number of ether oxygens (including phenoxy) is 3. The van der Waals surface area contributed by atoms with Crippen molar-refractivity contribution in [2.75, 3.05) is 39.7 Å². The molecule has 1 spiro atoms. The quantitative estimate of drug-likeness (QED) is 0.596. The third-order valence-corrected chi connectivity index (χ3v) is 6.60. The molecule has 3 aromatic rings. The fraction of sp³-hybridized carbons (Fsp3) is 0.360. The van der Waals surface area contributed by atoms with Gasteiger partial charge in [0.2, 0.25) is 0 Å². The molecule has 3 heterocycles. The van der Waals surface area contributed by atoms with Crippen molar-refractivity contribution in [1.82, 2.24) is 9.47 Å². The number of anilines is 1. The van der Waals surface area contributed by atoms with E-state index in [4.69, 9.17) is 14.2 Å². The number of rotatable bonds is 5. The number of hydrogen-bond acceptors (Lipinski definition) is 5. The van der Waals surface area contributed by atoms with Crippen LogP contribution in [0.5, 0.6) is 17.2 Å². The van der Waals surface area contributed by atoms with E-state index >= 15 is 0 Å². The second-order valence-corrected chi connectivity index (χ2v) is 8.35. The number of aromatic nitrogens is 1. The molecule has 2 aliphatic heterocycles. The van der Waals surface area contributed by atoms with E-state index in [0.717, 1.165) is 55.4 Å². The van der Waals surface area contributed by atoms with Crippen LogP contribution in [0.4, 0.5) is 5.69 Å². The van der Waals surface area contributed by atoms with Gasteiger partial charge >= 0.3 is 0 Å². The number of benzene rings is 2. The lowest BCUT2D eigenvalue weighted by Crippen LogP contribution is -2.49. The maximum Gasteiger partial charge on any atom is 0.122 e. The van der Waals surface area contributed by atoms with Crippen molar-refractivity contribution in [3.63, 3.8) is 0 Å². The summed E-state index contributed by atoms with van der Waals surface area (Å²) in [5.41, 5.74) is 4.80. The van der Waals surface area contributed by atoms with Gasteiger partial charge in [-0.15, -0.1) is 12.4 Å². The molecule has 0 amide bonds. The molecule has 6 nitrogen and oxygen atoms in total. The van der Waals surface area contributed by atoms with E-state index in [1.54, 1.807) is 21.3 Å². The van der Waals surface area contributed by atoms with Crippen LogP contribution in [-0.4, -0.2) is 43.9 Å². The van der Waals surface area contributed by atoms with Gasteiger partial charge in [0.15, 0.2) is 0 Å². The van der Waals surface area contributed by atoms with Crippen LogP contribution in [0.25, 0.3) is 5.69 Å². The summed E-state index contributed by atoms with van der Waals surface area (Å²) < 4.78 is 18.7. The second kappa shape index (κ2) is 8.96. The molecule has 0 unspecified atom stereocenters. The first-order valence-electron chi connectivity index (χ1n) is 10.7. The fourth-order valence-corrected chi connectivity index (χ4v) is 4.94. The van der Waals surface area contributed by atoms with Crippen molar-refractivity contribution in [2.24, 2.45) is 0 Å². The summed E-state index contributed by atoms with van der Waals surface area (Å²) in [4.78, 5) is 2.51. The first-order valence-corrected chi connectivity index (χ1v) is 10.7. The van der Waals surface area contributed by atoms with Gasteiger partial charge in [0.05, 0.1) is 38.2 Å². The smallest absolute Gasteiger partial charge is 0.122 e. The Hall–Kier alpha value is -2.83. The van der Waals surface area contributed by atoms with Gasteiger partial charge in [-0.1, -0.05) is 0 Å². The molecular formula is C25H30ClN3O3. The number of fused-ring (bicyclic) bond motifs is 4. The van der Waals surface area contributed by atoms with Crippen molar-refractivity contribution in [2.45, 2.75) is 24.9 Å². The summed E-state index contributed by atoms with van der Waals surface area (Å²) >= 11 is 0. The van der Waals surface area contributed by atoms with Crippen molar-refractivity contribution < 1.29 is 14.2 Å². The van der Waals surface area contributed by atoms with Gasteiger partial charge in [0, 0.05) is 43.7 Å². The lowest BCUT2D eigenvalue weighted by atomic mass is 9.82. The third-order valence-electron chi connectivity index (χ3n) is 6.60. The molecule has 0 atom stereocenters. The molecule has 5 rings (SSSR count). The monoisotopic (exact) mass is 455 g/mol. The number of hydrogen-bond donors (Lipinski definition) is 1. The number of piperidine rings is 1. The van der Waals surface area contributed by atoms with Crippen LogP contribution in [0.1, 0.15) is 24.1 Å². The van der Waals surface area contributed by atoms with Gasteiger partial charge in [-0.05, 0) is 54.8 Å². The fourth-order valence-electron chi connectivity index (χ4n) is 4.94. The van der Waals surface area contributed by atoms with Gasteiger partial charge in [-0.3, -0.25) is 4.90 Å². The Morgan fingerprint density at radius 1 is 0.875 bits per heavy atom. The summed E-state index contributed by atoms with van der Waals surface area (Å²) in [6.45, 7) is 2.91. The summed E-state index contributed by atoms with van der Waals surface area (Å²) in [7, 11) is 5.10. The predicted molar refractivity (Wildman–Crippen MR) is 129 cm³/mol. The molecule has 0 radical (unpaired) electrons. The molecule has 170 valence electrons. The molecule has 2 aromatic carbocycles. The van der Waals surface area contributed by atoms with Crippen LogP contribution in [-0.2, 0) is 12.1 Å². The summed E-state index contributed by atoms with van der Waals surface area (Å²) in [5, 5.41) is 3.88. The first-order chi connectivity index (χ1) is 15.1. The lowest BCUT2D eigenvalue weighted by molar-refractivity contribution is 0.161. The van der Waals surface area contributed by atoms with Gasteiger partial charge in [-0.25, -0.2) is 0 Å².